The number of Topliss-reactive ketones (excluding diaryl/α,β-unsaturated/α-hetero) is 1. The monoisotopic (exact) mass is 354 g/mol. The second-order valence-corrected chi connectivity index (χ2v) is 6.91. The van der Waals surface area contributed by atoms with Crippen molar-refractivity contribution in [2.45, 2.75) is 19.8 Å². The van der Waals surface area contributed by atoms with Crippen molar-refractivity contribution in [3.05, 3.63) is 76.9 Å². The van der Waals surface area contributed by atoms with Crippen LogP contribution < -0.4 is 5.73 Å². The fourth-order valence-electron chi connectivity index (χ4n) is 3.93. The van der Waals surface area contributed by atoms with Gasteiger partial charge in [-0.25, -0.2) is 0 Å². The Bertz CT molecular complexity index is 1120. The molecular formula is C24H22N2O. The number of aryl methyl sites for hydroxylation is 1. The number of amidine groups is 1. The number of fused-ring (bicyclic) bond motifs is 2. The lowest BCUT2D eigenvalue weighted by molar-refractivity contribution is 0.106. The molecule has 134 valence electrons. The van der Waals surface area contributed by atoms with E-state index in [-0.39, 0.29) is 11.6 Å². The van der Waals surface area contributed by atoms with Crippen LogP contribution in [0.1, 0.15) is 33.5 Å². The lowest BCUT2D eigenvalue weighted by atomic mass is 9.85. The van der Waals surface area contributed by atoms with E-state index in [0.717, 1.165) is 29.2 Å². The lowest BCUT2D eigenvalue weighted by Crippen LogP contribution is -2.23. The number of carbonyl (C=O) groups is 1. The molecule has 3 aromatic carbocycles. The molecule has 3 aromatic rings. The fraction of sp³-hybridized carbons (Fsp3) is 0.167. The van der Waals surface area contributed by atoms with Crippen LogP contribution in [0.5, 0.6) is 0 Å². The molecule has 1 aliphatic carbocycles. The second kappa shape index (κ2) is 6.84. The number of carbonyl (C=O) groups excluding carboxylic acids is 1. The number of hydrogen-bond donors (Lipinski definition) is 1. The number of ketones is 1. The summed E-state index contributed by atoms with van der Waals surface area (Å²) in [5.74, 6) is -0.199. The van der Waals surface area contributed by atoms with E-state index in [4.69, 9.17) is 5.73 Å². The first-order valence-corrected chi connectivity index (χ1v) is 9.20. The maximum absolute atomic E-state index is 12.6. The minimum atomic E-state index is -0.230. The van der Waals surface area contributed by atoms with Gasteiger partial charge in [-0.1, -0.05) is 54.6 Å². The van der Waals surface area contributed by atoms with E-state index in [9.17, 15) is 4.79 Å². The van der Waals surface area contributed by atoms with Gasteiger partial charge in [0.2, 0.25) is 5.78 Å². The van der Waals surface area contributed by atoms with Gasteiger partial charge < -0.3 is 5.73 Å². The number of aliphatic imine (C=N–C) groups is 1. The van der Waals surface area contributed by atoms with Crippen molar-refractivity contribution in [3.8, 4) is 11.1 Å². The van der Waals surface area contributed by atoms with E-state index in [2.05, 4.69) is 42.3 Å². The molecule has 0 radical (unpaired) electrons. The number of benzene rings is 3. The minimum Gasteiger partial charge on any atom is -0.381 e. The Kier molecular flexibility index (Phi) is 4.36. The van der Waals surface area contributed by atoms with Crippen LogP contribution in [0.3, 0.4) is 0 Å². The zero-order chi connectivity index (χ0) is 19.0. The summed E-state index contributed by atoms with van der Waals surface area (Å²) in [7, 11) is 1.54. The minimum absolute atomic E-state index is 0.0311. The van der Waals surface area contributed by atoms with Crippen molar-refractivity contribution in [3.63, 3.8) is 0 Å². The van der Waals surface area contributed by atoms with Crippen LogP contribution in [0, 0.1) is 6.92 Å². The Hall–Kier alpha value is -3.20. The summed E-state index contributed by atoms with van der Waals surface area (Å²) in [4.78, 5) is 16.5. The van der Waals surface area contributed by atoms with E-state index < -0.39 is 0 Å². The Morgan fingerprint density at radius 2 is 1.74 bits per heavy atom. The van der Waals surface area contributed by atoms with E-state index in [0.29, 0.717) is 5.56 Å². The van der Waals surface area contributed by atoms with E-state index in [1.807, 2.05) is 30.3 Å². The van der Waals surface area contributed by atoms with Gasteiger partial charge in [-0.2, -0.15) is 0 Å². The highest BCUT2D eigenvalue weighted by atomic mass is 16.1. The predicted molar refractivity (Wildman–Crippen MR) is 113 cm³/mol. The van der Waals surface area contributed by atoms with Crippen LogP contribution in [0.15, 0.2) is 59.6 Å². The van der Waals surface area contributed by atoms with Gasteiger partial charge in [0.15, 0.2) is 5.84 Å². The summed E-state index contributed by atoms with van der Waals surface area (Å²) in [5, 5.41) is 1.96. The third-order valence-corrected chi connectivity index (χ3v) is 5.37. The summed E-state index contributed by atoms with van der Waals surface area (Å²) >= 11 is 0. The van der Waals surface area contributed by atoms with Gasteiger partial charge >= 0.3 is 0 Å². The number of rotatable bonds is 3. The van der Waals surface area contributed by atoms with Crippen molar-refractivity contribution in [1.82, 2.24) is 0 Å². The predicted octanol–water partition coefficient (Wildman–Crippen LogP) is 4.94. The highest BCUT2D eigenvalue weighted by Gasteiger charge is 2.18. The first-order chi connectivity index (χ1) is 13.1. The van der Waals surface area contributed by atoms with Crippen LogP contribution in [0.2, 0.25) is 0 Å². The Labute approximate surface area is 159 Å². The first kappa shape index (κ1) is 17.2. The Morgan fingerprint density at radius 3 is 2.52 bits per heavy atom. The summed E-state index contributed by atoms with van der Waals surface area (Å²) in [5.41, 5.74) is 12.8. The Balaban J connectivity index is 1.99. The smallest absolute Gasteiger partial charge is 0.227 e. The highest BCUT2D eigenvalue weighted by molar-refractivity contribution is 6.46. The number of allylic oxidation sites excluding steroid dienone is 1. The molecule has 3 nitrogen and oxygen atoms in total. The molecule has 0 aliphatic heterocycles. The van der Waals surface area contributed by atoms with Crippen molar-refractivity contribution in [2.75, 3.05) is 7.05 Å². The molecule has 4 rings (SSSR count). The van der Waals surface area contributed by atoms with Gasteiger partial charge in [0.05, 0.1) is 0 Å². The average molecular weight is 354 g/mol. The molecule has 2 N–H and O–H groups in total. The number of hydrogen-bond acceptors (Lipinski definition) is 2. The standard InChI is InChI=1S/C24H22N2O/c1-15-11-12-20(17-8-4-3-7-16(15)17)21-13-14-22(23(27)24(25)26-2)19-10-6-5-9-18(19)21/h4-6,8-14H,3,7H2,1-2H3,(H2,25,26). The number of nitrogens with two attached hydrogens (primary N) is 1. The maximum atomic E-state index is 12.6. The maximum Gasteiger partial charge on any atom is 0.227 e. The van der Waals surface area contributed by atoms with Crippen molar-refractivity contribution < 1.29 is 4.79 Å². The summed E-state index contributed by atoms with van der Waals surface area (Å²) in [6.45, 7) is 2.18. The lowest BCUT2D eigenvalue weighted by Gasteiger charge is -2.19. The first-order valence-electron chi connectivity index (χ1n) is 9.20. The third-order valence-electron chi connectivity index (χ3n) is 5.37. The Morgan fingerprint density at radius 1 is 1.00 bits per heavy atom. The summed E-state index contributed by atoms with van der Waals surface area (Å²) in [6, 6.07) is 16.3. The summed E-state index contributed by atoms with van der Waals surface area (Å²) < 4.78 is 0. The van der Waals surface area contributed by atoms with Gasteiger partial charge in [-0.3, -0.25) is 9.79 Å². The molecule has 1 aliphatic rings. The topological polar surface area (TPSA) is 55.4 Å². The van der Waals surface area contributed by atoms with Crippen molar-refractivity contribution in [2.24, 2.45) is 10.7 Å². The van der Waals surface area contributed by atoms with Crippen LogP contribution in [0.4, 0.5) is 0 Å². The number of nitrogens with zero attached hydrogens (tertiary/aromatic N) is 1. The normalized spacial score (nSPS) is 13.6. The second-order valence-electron chi connectivity index (χ2n) is 6.91. The molecule has 0 bridgehead atoms. The zero-order valence-corrected chi connectivity index (χ0v) is 15.6. The van der Waals surface area contributed by atoms with Gasteiger partial charge in [0.25, 0.3) is 0 Å². The van der Waals surface area contributed by atoms with E-state index in [1.54, 1.807) is 0 Å². The largest absolute Gasteiger partial charge is 0.381 e. The third kappa shape index (κ3) is 2.85. The molecule has 0 atom stereocenters. The molecule has 3 heteroatoms. The molecule has 0 heterocycles. The van der Waals surface area contributed by atoms with Gasteiger partial charge in [-0.15, -0.1) is 0 Å². The van der Waals surface area contributed by atoms with Gasteiger partial charge in [-0.05, 0) is 64.4 Å². The van der Waals surface area contributed by atoms with Crippen LogP contribution in [0.25, 0.3) is 28.0 Å². The molecular weight excluding hydrogens is 332 g/mol. The fourth-order valence-corrected chi connectivity index (χ4v) is 3.93. The molecule has 0 fully saturated rings. The average Bonchev–Trinajstić information content (AvgIpc) is 2.72. The quantitative estimate of drug-likeness (QED) is 0.411. The van der Waals surface area contributed by atoms with E-state index >= 15 is 0 Å². The van der Waals surface area contributed by atoms with Crippen LogP contribution in [-0.2, 0) is 6.42 Å². The van der Waals surface area contributed by atoms with Gasteiger partial charge in [0, 0.05) is 12.6 Å². The van der Waals surface area contributed by atoms with Gasteiger partial charge in [0.1, 0.15) is 0 Å². The van der Waals surface area contributed by atoms with Crippen LogP contribution >= 0.6 is 0 Å². The zero-order valence-electron chi connectivity index (χ0n) is 15.6. The van der Waals surface area contributed by atoms with Crippen molar-refractivity contribution >= 4 is 28.5 Å². The van der Waals surface area contributed by atoms with Crippen LogP contribution in [-0.4, -0.2) is 18.7 Å². The van der Waals surface area contributed by atoms with Crippen molar-refractivity contribution in [1.29, 1.82) is 0 Å². The molecule has 0 aromatic heterocycles. The van der Waals surface area contributed by atoms with E-state index in [1.165, 1.54) is 29.3 Å². The summed E-state index contributed by atoms with van der Waals surface area (Å²) in [6.07, 6.45) is 6.63. The molecule has 0 saturated heterocycles. The molecule has 0 unspecified atom stereocenters. The molecule has 0 saturated carbocycles. The molecule has 27 heavy (non-hydrogen) atoms. The highest BCUT2D eigenvalue weighted by Crippen LogP contribution is 2.37. The molecule has 0 amide bonds. The molecule has 0 spiro atoms. The SMILES string of the molecule is CN=C(N)C(=O)c1ccc(-c2ccc(C)c3c2C=CCC3)c2ccccc12.